The first kappa shape index (κ1) is 28.6. The van der Waals surface area contributed by atoms with Crippen molar-refractivity contribution in [2.75, 3.05) is 10.4 Å². The SMILES string of the molecule is [O-]N(c1ccccc1)C1C=C(c2ccc(C3=CC(C4C=CC=CC4)CC(c4ccccc4)=N3)cc2)C=CC1Nc1ccccc1. The lowest BCUT2D eigenvalue weighted by atomic mass is 9.80. The van der Waals surface area contributed by atoms with Crippen molar-refractivity contribution in [3.63, 3.8) is 0 Å². The summed E-state index contributed by atoms with van der Waals surface area (Å²) in [6.45, 7) is 0. The zero-order chi connectivity index (χ0) is 30.4. The maximum absolute atomic E-state index is 13.7. The van der Waals surface area contributed by atoms with Gasteiger partial charge in [-0.3, -0.25) is 4.99 Å². The summed E-state index contributed by atoms with van der Waals surface area (Å²) in [5, 5.41) is 18.4. The van der Waals surface area contributed by atoms with Crippen molar-refractivity contribution >= 4 is 28.4 Å². The molecule has 0 amide bonds. The standard InChI is InChI=1S/C41H36N3O/c45-44(37-19-11-4-12-20-37)41-29-34(25-26-38(41)42-36-17-9-3-10-18-36)31-21-23-33(24-22-31)40-28-35(30-13-5-1-6-14-30)27-39(43-40)32-15-7-2-8-16-32/h1-13,15-26,28-30,35,38,41-42H,14,27H2/q-1. The van der Waals surface area contributed by atoms with Crippen LogP contribution in [-0.2, 0) is 0 Å². The van der Waals surface area contributed by atoms with E-state index in [-0.39, 0.29) is 6.04 Å². The van der Waals surface area contributed by atoms with Gasteiger partial charge in [-0.05, 0) is 71.2 Å². The molecule has 4 aromatic rings. The molecule has 7 rings (SSSR count). The van der Waals surface area contributed by atoms with Crippen LogP contribution in [0.2, 0.25) is 0 Å². The largest absolute Gasteiger partial charge is 0.758 e. The predicted octanol–water partition coefficient (Wildman–Crippen LogP) is 9.48. The van der Waals surface area contributed by atoms with Gasteiger partial charge in [0.25, 0.3) is 0 Å². The first-order valence-corrected chi connectivity index (χ1v) is 15.7. The smallest absolute Gasteiger partial charge is 0.0680 e. The van der Waals surface area contributed by atoms with Crippen molar-refractivity contribution in [2.45, 2.75) is 24.9 Å². The number of nitrogens with zero attached hydrogens (tertiary/aromatic N) is 2. The highest BCUT2D eigenvalue weighted by Gasteiger charge is 2.26. The lowest BCUT2D eigenvalue weighted by Crippen LogP contribution is -2.43. The summed E-state index contributed by atoms with van der Waals surface area (Å²) in [6, 6.07) is 38.1. The number of hydrogen-bond acceptors (Lipinski definition) is 4. The van der Waals surface area contributed by atoms with E-state index in [1.54, 1.807) is 0 Å². The Kier molecular flexibility index (Phi) is 8.39. The highest BCUT2D eigenvalue weighted by atomic mass is 16.5. The number of benzene rings is 4. The van der Waals surface area contributed by atoms with Gasteiger partial charge < -0.3 is 15.6 Å². The van der Waals surface area contributed by atoms with Gasteiger partial charge in [-0.25, -0.2) is 0 Å². The Labute approximate surface area is 265 Å². The lowest BCUT2D eigenvalue weighted by molar-refractivity contribution is 0.488. The topological polar surface area (TPSA) is 50.7 Å². The number of aliphatic imine (C=N–C) groups is 1. The molecule has 4 aromatic carbocycles. The number of anilines is 2. The van der Waals surface area contributed by atoms with Crippen LogP contribution in [0.1, 0.15) is 29.5 Å². The Balaban J connectivity index is 1.18. The fourth-order valence-corrected chi connectivity index (χ4v) is 6.39. The molecule has 0 aromatic heterocycles. The van der Waals surface area contributed by atoms with Crippen LogP contribution in [0.3, 0.4) is 0 Å². The maximum Gasteiger partial charge on any atom is 0.0680 e. The molecule has 1 heterocycles. The van der Waals surface area contributed by atoms with Crippen molar-refractivity contribution in [1.29, 1.82) is 0 Å². The minimum Gasteiger partial charge on any atom is -0.758 e. The Bertz CT molecular complexity index is 1780. The zero-order valence-corrected chi connectivity index (χ0v) is 25.1. The molecule has 1 N–H and O–H groups in total. The van der Waals surface area contributed by atoms with Crippen LogP contribution in [0.25, 0.3) is 11.3 Å². The molecule has 0 fully saturated rings. The summed E-state index contributed by atoms with van der Waals surface area (Å²) in [7, 11) is 0. The third-order valence-corrected chi connectivity index (χ3v) is 8.83. The van der Waals surface area contributed by atoms with E-state index in [1.165, 1.54) is 5.56 Å². The Hall–Kier alpha value is -5.19. The minimum absolute atomic E-state index is 0.188. The average Bonchev–Trinajstić information content (AvgIpc) is 3.13. The minimum atomic E-state index is -0.426. The van der Waals surface area contributed by atoms with Crippen LogP contribution >= 0.6 is 0 Å². The molecule has 4 heteroatoms. The summed E-state index contributed by atoms with van der Waals surface area (Å²) in [6.07, 6.45) is 19.6. The van der Waals surface area contributed by atoms with Gasteiger partial charge in [-0.2, -0.15) is 0 Å². The van der Waals surface area contributed by atoms with Gasteiger partial charge >= 0.3 is 0 Å². The van der Waals surface area contributed by atoms with Crippen LogP contribution in [0.5, 0.6) is 0 Å². The summed E-state index contributed by atoms with van der Waals surface area (Å²) in [4.78, 5) is 5.18. The Morgan fingerprint density at radius 1 is 0.667 bits per heavy atom. The second-order valence-electron chi connectivity index (χ2n) is 11.8. The fraction of sp³-hybridized carbons (Fsp3) is 0.146. The highest BCUT2D eigenvalue weighted by molar-refractivity contribution is 6.04. The molecule has 45 heavy (non-hydrogen) atoms. The van der Waals surface area contributed by atoms with E-state index in [4.69, 9.17) is 4.99 Å². The van der Waals surface area contributed by atoms with E-state index >= 15 is 0 Å². The van der Waals surface area contributed by atoms with Crippen LogP contribution < -0.4 is 10.4 Å². The Morgan fingerprint density at radius 3 is 2.07 bits per heavy atom. The molecule has 2 aliphatic carbocycles. The predicted molar refractivity (Wildman–Crippen MR) is 189 cm³/mol. The molecular weight excluding hydrogens is 550 g/mol. The number of rotatable bonds is 8. The quantitative estimate of drug-likeness (QED) is 0.209. The molecule has 0 bridgehead atoms. The first-order chi connectivity index (χ1) is 22.2. The Morgan fingerprint density at radius 2 is 1.36 bits per heavy atom. The van der Waals surface area contributed by atoms with Crippen molar-refractivity contribution in [3.05, 3.63) is 186 Å². The molecule has 0 saturated carbocycles. The molecule has 3 aliphatic rings. The zero-order valence-electron chi connectivity index (χ0n) is 25.1. The summed E-state index contributed by atoms with van der Waals surface area (Å²) >= 11 is 0. The van der Waals surface area contributed by atoms with Crippen LogP contribution in [0, 0.1) is 17.0 Å². The summed E-state index contributed by atoms with van der Waals surface area (Å²) in [5.41, 5.74) is 8.15. The molecule has 4 nitrogen and oxygen atoms in total. The maximum atomic E-state index is 13.7. The van der Waals surface area contributed by atoms with E-state index in [2.05, 4.69) is 109 Å². The van der Waals surface area contributed by atoms with Gasteiger partial charge in [0.2, 0.25) is 0 Å². The third kappa shape index (κ3) is 6.52. The van der Waals surface area contributed by atoms with Crippen molar-refractivity contribution < 1.29 is 0 Å². The van der Waals surface area contributed by atoms with E-state index in [0.717, 1.165) is 51.7 Å². The van der Waals surface area contributed by atoms with E-state index in [9.17, 15) is 5.21 Å². The summed E-state index contributed by atoms with van der Waals surface area (Å²) < 4.78 is 0. The van der Waals surface area contributed by atoms with Gasteiger partial charge in [-0.15, -0.1) is 0 Å². The molecule has 222 valence electrons. The normalized spacial score (nSPS) is 22.3. The van der Waals surface area contributed by atoms with Crippen LogP contribution in [0.4, 0.5) is 11.4 Å². The van der Waals surface area contributed by atoms with Gasteiger partial charge in [0, 0.05) is 17.1 Å². The number of hydrogen-bond donors (Lipinski definition) is 1. The second-order valence-corrected chi connectivity index (χ2v) is 11.8. The van der Waals surface area contributed by atoms with Gasteiger partial charge in [0.05, 0.1) is 17.8 Å². The lowest BCUT2D eigenvalue weighted by Gasteiger charge is -2.43. The van der Waals surface area contributed by atoms with Gasteiger partial charge in [0.15, 0.2) is 0 Å². The van der Waals surface area contributed by atoms with E-state index < -0.39 is 6.04 Å². The van der Waals surface area contributed by atoms with Crippen molar-refractivity contribution in [3.8, 4) is 0 Å². The van der Waals surface area contributed by atoms with Gasteiger partial charge in [0.1, 0.15) is 0 Å². The average molecular weight is 587 g/mol. The summed E-state index contributed by atoms with van der Waals surface area (Å²) in [5.74, 6) is 0.846. The number of nitrogens with one attached hydrogen (secondary N) is 1. The van der Waals surface area contributed by atoms with Crippen molar-refractivity contribution in [1.82, 2.24) is 0 Å². The first-order valence-electron chi connectivity index (χ1n) is 15.7. The van der Waals surface area contributed by atoms with Crippen LogP contribution in [-0.4, -0.2) is 17.8 Å². The van der Waals surface area contributed by atoms with E-state index in [0.29, 0.717) is 17.5 Å². The highest BCUT2D eigenvalue weighted by Crippen LogP contribution is 2.35. The number of allylic oxidation sites excluding steroid dienone is 7. The molecule has 0 spiro atoms. The van der Waals surface area contributed by atoms with Gasteiger partial charge in [-0.1, -0.05) is 140 Å². The molecule has 1 aliphatic heterocycles. The molecule has 0 radical (unpaired) electrons. The number of para-hydroxylation sites is 2. The molecule has 4 atom stereocenters. The second kappa shape index (κ2) is 13.2. The van der Waals surface area contributed by atoms with E-state index in [1.807, 2.05) is 60.7 Å². The van der Waals surface area contributed by atoms with Crippen LogP contribution in [0.15, 0.2) is 169 Å². The molecule has 4 unspecified atom stereocenters. The third-order valence-electron chi connectivity index (χ3n) is 8.83. The van der Waals surface area contributed by atoms with Crippen molar-refractivity contribution in [2.24, 2.45) is 16.8 Å². The molecular formula is C41H36N3O-. The molecule has 0 saturated heterocycles. The fourth-order valence-electron chi connectivity index (χ4n) is 6.39. The monoisotopic (exact) mass is 586 g/mol. The number of hydroxylamine groups is 1.